The van der Waals surface area contributed by atoms with Crippen LogP contribution in [0, 0.1) is 0 Å². The molecule has 0 aromatic carbocycles. The molecule has 0 bridgehead atoms. The van der Waals surface area contributed by atoms with E-state index in [4.69, 9.17) is 9.15 Å². The van der Waals surface area contributed by atoms with Crippen LogP contribution < -0.4 is 0 Å². The molecule has 1 aromatic rings. The Hall–Kier alpha value is -0.900. The van der Waals surface area contributed by atoms with Gasteiger partial charge in [0.25, 0.3) is 0 Å². The SMILES string of the molecule is CCOC(=O)CSCc1ccc(CC)o1. The zero-order chi connectivity index (χ0) is 11.1. The average molecular weight is 228 g/mol. The van der Waals surface area contributed by atoms with Crippen molar-refractivity contribution in [3.8, 4) is 0 Å². The molecule has 0 aliphatic heterocycles. The van der Waals surface area contributed by atoms with Gasteiger partial charge in [0, 0.05) is 6.42 Å². The number of furan rings is 1. The molecular weight excluding hydrogens is 212 g/mol. The maximum atomic E-state index is 11.0. The standard InChI is InChI=1S/C11H16O3S/c1-3-9-5-6-10(14-9)7-15-8-11(12)13-4-2/h5-6H,3-4,7-8H2,1-2H3. The van der Waals surface area contributed by atoms with Crippen LogP contribution in [0.4, 0.5) is 0 Å². The highest BCUT2D eigenvalue weighted by Gasteiger charge is 2.04. The van der Waals surface area contributed by atoms with E-state index < -0.39 is 0 Å². The van der Waals surface area contributed by atoms with Gasteiger partial charge in [0.1, 0.15) is 11.5 Å². The maximum absolute atomic E-state index is 11.0. The van der Waals surface area contributed by atoms with Crippen LogP contribution in [0.15, 0.2) is 16.5 Å². The van der Waals surface area contributed by atoms with Gasteiger partial charge >= 0.3 is 5.97 Å². The van der Waals surface area contributed by atoms with Crippen molar-refractivity contribution in [1.82, 2.24) is 0 Å². The van der Waals surface area contributed by atoms with Crippen molar-refractivity contribution in [2.24, 2.45) is 0 Å². The van der Waals surface area contributed by atoms with Gasteiger partial charge in [0.2, 0.25) is 0 Å². The lowest BCUT2D eigenvalue weighted by molar-refractivity contribution is -0.139. The zero-order valence-electron chi connectivity index (χ0n) is 9.12. The first-order chi connectivity index (χ1) is 7.26. The molecule has 0 unspecified atom stereocenters. The lowest BCUT2D eigenvalue weighted by Gasteiger charge is -2.00. The summed E-state index contributed by atoms with van der Waals surface area (Å²) >= 11 is 1.51. The van der Waals surface area contributed by atoms with Crippen molar-refractivity contribution in [3.05, 3.63) is 23.7 Å². The van der Waals surface area contributed by atoms with Gasteiger partial charge < -0.3 is 9.15 Å². The van der Waals surface area contributed by atoms with Crippen molar-refractivity contribution in [1.29, 1.82) is 0 Å². The van der Waals surface area contributed by atoms with E-state index in [0.717, 1.165) is 23.7 Å². The number of aryl methyl sites for hydroxylation is 1. The van der Waals surface area contributed by atoms with Gasteiger partial charge in [0.05, 0.1) is 18.1 Å². The minimum Gasteiger partial charge on any atom is -0.465 e. The molecule has 0 atom stereocenters. The van der Waals surface area contributed by atoms with Gasteiger partial charge in [-0.25, -0.2) is 0 Å². The fourth-order valence-corrected chi connectivity index (χ4v) is 1.84. The van der Waals surface area contributed by atoms with Crippen LogP contribution in [0.3, 0.4) is 0 Å². The van der Waals surface area contributed by atoms with E-state index in [1.165, 1.54) is 11.8 Å². The molecule has 4 heteroatoms. The molecule has 0 spiro atoms. The fourth-order valence-electron chi connectivity index (χ4n) is 1.13. The average Bonchev–Trinajstić information content (AvgIpc) is 2.66. The first-order valence-corrected chi connectivity index (χ1v) is 6.22. The quantitative estimate of drug-likeness (QED) is 0.702. The highest BCUT2D eigenvalue weighted by molar-refractivity contribution is 7.99. The minimum atomic E-state index is -0.162. The second-order valence-corrected chi connectivity index (χ2v) is 4.00. The summed E-state index contributed by atoms with van der Waals surface area (Å²) in [5, 5.41) is 0. The Balaban J connectivity index is 2.22. The summed E-state index contributed by atoms with van der Waals surface area (Å²) in [6, 6.07) is 3.93. The van der Waals surface area contributed by atoms with Gasteiger partial charge in [-0.3, -0.25) is 4.79 Å². The monoisotopic (exact) mass is 228 g/mol. The molecule has 0 saturated carbocycles. The van der Waals surface area contributed by atoms with Crippen molar-refractivity contribution in [2.45, 2.75) is 26.0 Å². The van der Waals surface area contributed by atoms with Gasteiger partial charge in [-0.05, 0) is 19.1 Å². The van der Waals surface area contributed by atoms with E-state index in [1.54, 1.807) is 0 Å². The van der Waals surface area contributed by atoms with Crippen LogP contribution in [0.5, 0.6) is 0 Å². The third-order valence-corrected chi connectivity index (χ3v) is 2.76. The summed E-state index contributed by atoms with van der Waals surface area (Å²) in [4.78, 5) is 11.0. The topological polar surface area (TPSA) is 39.4 Å². The minimum absolute atomic E-state index is 0.162. The Morgan fingerprint density at radius 3 is 2.73 bits per heavy atom. The fraction of sp³-hybridized carbons (Fsp3) is 0.545. The third-order valence-electron chi connectivity index (χ3n) is 1.84. The first-order valence-electron chi connectivity index (χ1n) is 5.07. The first kappa shape index (κ1) is 12.2. The van der Waals surface area contributed by atoms with Crippen molar-refractivity contribution < 1.29 is 13.9 Å². The van der Waals surface area contributed by atoms with Gasteiger partial charge in [0.15, 0.2) is 0 Å². The normalized spacial score (nSPS) is 10.3. The van der Waals surface area contributed by atoms with Crippen molar-refractivity contribution in [2.75, 3.05) is 12.4 Å². The van der Waals surface area contributed by atoms with Crippen LogP contribution in [-0.2, 0) is 21.7 Å². The van der Waals surface area contributed by atoms with E-state index in [0.29, 0.717) is 12.4 Å². The molecule has 1 aromatic heterocycles. The van der Waals surface area contributed by atoms with Gasteiger partial charge in [-0.1, -0.05) is 6.92 Å². The number of carbonyl (C=O) groups is 1. The highest BCUT2D eigenvalue weighted by Crippen LogP contribution is 2.15. The van der Waals surface area contributed by atoms with Crippen LogP contribution in [-0.4, -0.2) is 18.3 Å². The van der Waals surface area contributed by atoms with Gasteiger partial charge in [-0.15, -0.1) is 11.8 Å². The molecule has 15 heavy (non-hydrogen) atoms. The molecule has 0 radical (unpaired) electrons. The maximum Gasteiger partial charge on any atom is 0.315 e. The predicted molar refractivity (Wildman–Crippen MR) is 60.9 cm³/mol. The summed E-state index contributed by atoms with van der Waals surface area (Å²) in [5.74, 6) is 2.85. The molecule has 1 heterocycles. The molecule has 0 aliphatic rings. The second kappa shape index (κ2) is 6.56. The molecule has 3 nitrogen and oxygen atoms in total. The Kier molecular flexibility index (Phi) is 5.32. The Morgan fingerprint density at radius 1 is 1.40 bits per heavy atom. The Bertz CT molecular complexity index is 307. The molecule has 0 N–H and O–H groups in total. The molecule has 0 fully saturated rings. The lowest BCUT2D eigenvalue weighted by Crippen LogP contribution is -2.06. The van der Waals surface area contributed by atoms with Crippen LogP contribution in [0.2, 0.25) is 0 Å². The third kappa shape index (κ3) is 4.42. The molecule has 0 aliphatic carbocycles. The molecule has 1 rings (SSSR count). The summed E-state index contributed by atoms with van der Waals surface area (Å²) in [6.07, 6.45) is 0.905. The van der Waals surface area contributed by atoms with E-state index in [2.05, 4.69) is 0 Å². The van der Waals surface area contributed by atoms with Crippen molar-refractivity contribution >= 4 is 17.7 Å². The Labute approximate surface area is 94.2 Å². The number of esters is 1. The zero-order valence-corrected chi connectivity index (χ0v) is 9.93. The molecular formula is C11H16O3S. The van der Waals surface area contributed by atoms with Crippen LogP contribution in [0.1, 0.15) is 25.4 Å². The number of rotatable bonds is 6. The van der Waals surface area contributed by atoms with Crippen LogP contribution >= 0.6 is 11.8 Å². The van der Waals surface area contributed by atoms with E-state index in [9.17, 15) is 4.79 Å². The van der Waals surface area contributed by atoms with E-state index in [-0.39, 0.29) is 5.97 Å². The second-order valence-electron chi connectivity index (χ2n) is 3.02. The smallest absolute Gasteiger partial charge is 0.315 e. The molecule has 0 amide bonds. The molecule has 0 saturated heterocycles. The number of thioether (sulfide) groups is 1. The largest absolute Gasteiger partial charge is 0.465 e. The predicted octanol–water partition coefficient (Wildman–Crippen LogP) is 2.64. The van der Waals surface area contributed by atoms with E-state index in [1.807, 2.05) is 26.0 Å². The molecule has 84 valence electrons. The number of ether oxygens (including phenoxy) is 1. The summed E-state index contributed by atoms with van der Waals surface area (Å²) in [7, 11) is 0. The summed E-state index contributed by atoms with van der Waals surface area (Å²) < 4.78 is 10.3. The number of hydrogen-bond donors (Lipinski definition) is 0. The van der Waals surface area contributed by atoms with Crippen molar-refractivity contribution in [3.63, 3.8) is 0 Å². The lowest BCUT2D eigenvalue weighted by atomic mass is 10.4. The summed E-state index contributed by atoms with van der Waals surface area (Å²) in [6.45, 7) is 4.30. The highest BCUT2D eigenvalue weighted by atomic mass is 32.2. The number of hydrogen-bond acceptors (Lipinski definition) is 4. The number of carbonyl (C=O) groups excluding carboxylic acids is 1. The van der Waals surface area contributed by atoms with Gasteiger partial charge in [-0.2, -0.15) is 0 Å². The Morgan fingerprint density at radius 2 is 2.13 bits per heavy atom. The van der Waals surface area contributed by atoms with E-state index >= 15 is 0 Å². The van der Waals surface area contributed by atoms with Crippen LogP contribution in [0.25, 0.3) is 0 Å². The summed E-state index contributed by atoms with van der Waals surface area (Å²) in [5.41, 5.74) is 0.